The van der Waals surface area contributed by atoms with Crippen LogP contribution in [0.3, 0.4) is 0 Å². The predicted octanol–water partition coefficient (Wildman–Crippen LogP) is 1.94. The normalized spacial score (nSPS) is 25.2. The van der Waals surface area contributed by atoms with Gasteiger partial charge in [-0.05, 0) is 19.9 Å². The van der Waals surface area contributed by atoms with Gasteiger partial charge >= 0.3 is 11.9 Å². The molecular weight excluding hydrogens is 837 g/mol. The molecule has 22 heteroatoms. The second-order valence-electron chi connectivity index (χ2n) is 13.7. The van der Waals surface area contributed by atoms with Gasteiger partial charge in [0.1, 0.15) is 0 Å². The molecule has 0 aromatic rings. The molecular formula is C35H70N8O9S5. The number of hydrogen-bond acceptors (Lipinski definition) is 16. The van der Waals surface area contributed by atoms with E-state index in [1.807, 2.05) is 35.0 Å². The molecule has 17 nitrogen and oxygen atoms in total. The molecule has 3 fully saturated rings. The van der Waals surface area contributed by atoms with Crippen molar-refractivity contribution in [1.29, 1.82) is 0 Å². The van der Waals surface area contributed by atoms with E-state index < -0.39 is 16.9 Å². The van der Waals surface area contributed by atoms with Crippen molar-refractivity contribution >= 4 is 89.3 Å². The minimum absolute atomic E-state index is 0.0712. The lowest BCUT2D eigenvalue weighted by Crippen LogP contribution is -2.44. The van der Waals surface area contributed by atoms with Crippen molar-refractivity contribution in [2.75, 3.05) is 75.3 Å². The molecule has 0 aromatic carbocycles. The number of carbonyl (C=O) groups excluding carboxylic acids is 3. The van der Waals surface area contributed by atoms with Crippen molar-refractivity contribution in [2.24, 2.45) is 34.8 Å². The molecule has 10 N–H and O–H groups in total. The summed E-state index contributed by atoms with van der Waals surface area (Å²) in [5.74, 6) is 2.43. The number of allylic oxidation sites excluding steroid dienone is 1. The van der Waals surface area contributed by atoms with Gasteiger partial charge in [-0.1, -0.05) is 34.6 Å². The molecule has 9 atom stereocenters. The van der Waals surface area contributed by atoms with Gasteiger partial charge in [0.2, 0.25) is 23.9 Å². The number of nitrogens with zero attached hydrogens (tertiary/aromatic N) is 4. The maximum Gasteiger partial charge on any atom is 0.307 e. The highest BCUT2D eigenvalue weighted by atomic mass is 32.2. The Morgan fingerprint density at radius 3 is 1.60 bits per heavy atom. The first kappa shape index (κ1) is 59.4. The van der Waals surface area contributed by atoms with Crippen LogP contribution in [0.1, 0.15) is 48.5 Å². The summed E-state index contributed by atoms with van der Waals surface area (Å²) in [6.45, 7) is 15.4. The van der Waals surface area contributed by atoms with Gasteiger partial charge in [0.15, 0.2) is 0 Å². The van der Waals surface area contributed by atoms with Gasteiger partial charge < -0.3 is 47.8 Å². The zero-order valence-electron chi connectivity index (χ0n) is 35.1. The molecule has 0 aliphatic carbocycles. The number of thioether (sulfide) groups is 4. The second kappa shape index (κ2) is 33.9. The van der Waals surface area contributed by atoms with Gasteiger partial charge in [-0.25, -0.2) is 0 Å². The van der Waals surface area contributed by atoms with Crippen molar-refractivity contribution in [3.05, 3.63) is 22.4 Å². The first-order chi connectivity index (χ1) is 26.4. The minimum Gasteiger partial charge on any atom is -0.481 e. The topological polar surface area (TPSA) is 283 Å². The summed E-state index contributed by atoms with van der Waals surface area (Å²) in [6.07, 6.45) is 2.26. The number of hydrogen-bond donors (Lipinski definition) is 7. The summed E-state index contributed by atoms with van der Waals surface area (Å²) in [5.41, 5.74) is 22.2. The molecule has 0 aromatic heterocycles. The summed E-state index contributed by atoms with van der Waals surface area (Å²) in [7, 11) is 5.44. The van der Waals surface area contributed by atoms with Crippen LogP contribution in [0, 0.1) is 22.0 Å². The Morgan fingerprint density at radius 2 is 1.28 bits per heavy atom. The lowest BCUT2D eigenvalue weighted by Gasteiger charge is -2.22. The number of carbonyl (C=O) groups is 5. The zero-order chi connectivity index (χ0) is 45.0. The lowest BCUT2D eigenvalue weighted by molar-refractivity contribution is -0.402. The highest BCUT2D eigenvalue weighted by molar-refractivity contribution is 8.00. The average Bonchev–Trinajstić information content (AvgIpc) is 3.40. The largest absolute Gasteiger partial charge is 0.481 e. The summed E-state index contributed by atoms with van der Waals surface area (Å²) < 4.78 is 0. The van der Waals surface area contributed by atoms with Crippen LogP contribution in [0.25, 0.3) is 0 Å². The fourth-order valence-electron chi connectivity index (χ4n) is 3.98. The Morgan fingerprint density at radius 1 is 0.860 bits per heavy atom. The van der Waals surface area contributed by atoms with Gasteiger partial charge in [0, 0.05) is 97.1 Å². The summed E-state index contributed by atoms with van der Waals surface area (Å²) in [6, 6.07) is -0.569. The number of likely N-dealkylation sites (N-methyl/N-ethyl adjacent to an activating group) is 3. The fourth-order valence-corrected chi connectivity index (χ4v) is 8.14. The van der Waals surface area contributed by atoms with Gasteiger partial charge in [0.25, 0.3) is 0 Å². The van der Waals surface area contributed by atoms with Gasteiger partial charge in [-0.3, -0.25) is 34.1 Å². The van der Waals surface area contributed by atoms with Crippen LogP contribution in [0.4, 0.5) is 0 Å². The molecule has 3 heterocycles. The van der Waals surface area contributed by atoms with E-state index in [1.54, 1.807) is 82.5 Å². The maximum atomic E-state index is 11.3. The molecule has 0 radical (unpaired) electrons. The molecule has 3 rings (SSSR count). The third kappa shape index (κ3) is 29.9. The highest BCUT2D eigenvalue weighted by Gasteiger charge is 2.26. The van der Waals surface area contributed by atoms with Crippen LogP contribution in [0.2, 0.25) is 0 Å². The fraction of sp³-hybridized carbons (Fsp3) is 0.800. The van der Waals surface area contributed by atoms with Gasteiger partial charge in [0.05, 0.1) is 34.9 Å². The summed E-state index contributed by atoms with van der Waals surface area (Å²) >= 11 is 10.7. The minimum atomic E-state index is -0.782. The average molecular weight is 907 g/mol. The van der Waals surface area contributed by atoms with Crippen LogP contribution in [-0.4, -0.2) is 175 Å². The Balaban J connectivity index is -0.000000623. The summed E-state index contributed by atoms with van der Waals surface area (Å²) in [4.78, 5) is 68.1. The SMILES string of the molecule is C/C=C/[N+](=O)[O-].CC(CN)SCC(C)C(=O)O.CC(CS)C(=O)O.CC1CN(C)C(=O)C(N)CS1.CC1CN(C)C(=O)C(N)CS1.CC1CSCC(N)C(=O)N1C. The molecule has 334 valence electrons. The monoisotopic (exact) mass is 906 g/mol. The van der Waals surface area contributed by atoms with Crippen LogP contribution in [-0.2, 0) is 24.0 Å². The highest BCUT2D eigenvalue weighted by Crippen LogP contribution is 2.18. The predicted molar refractivity (Wildman–Crippen MR) is 243 cm³/mol. The number of thiol groups is 1. The van der Waals surface area contributed by atoms with Crippen molar-refractivity contribution in [3.8, 4) is 0 Å². The number of carboxylic acid groups (broad SMARTS) is 2. The van der Waals surface area contributed by atoms with E-state index in [1.165, 1.54) is 6.08 Å². The van der Waals surface area contributed by atoms with E-state index in [0.29, 0.717) is 39.8 Å². The Bertz CT molecular complexity index is 1190. The smallest absolute Gasteiger partial charge is 0.307 e. The second-order valence-corrected chi connectivity index (χ2v) is 19.5. The molecule has 9 unspecified atom stereocenters. The third-order valence-electron chi connectivity index (χ3n) is 7.90. The van der Waals surface area contributed by atoms with E-state index in [-0.39, 0.29) is 47.7 Å². The Kier molecular flexibility index (Phi) is 35.3. The number of nitro groups is 1. The summed E-state index contributed by atoms with van der Waals surface area (Å²) in [5, 5.41) is 27.4. The molecule has 0 saturated carbocycles. The lowest BCUT2D eigenvalue weighted by atomic mass is 10.2. The van der Waals surface area contributed by atoms with Crippen LogP contribution < -0.4 is 22.9 Å². The van der Waals surface area contributed by atoms with Crippen molar-refractivity contribution in [2.45, 2.75) is 88.4 Å². The van der Waals surface area contributed by atoms with E-state index in [4.69, 9.17) is 33.1 Å². The maximum absolute atomic E-state index is 11.3. The van der Waals surface area contributed by atoms with Crippen LogP contribution >= 0.6 is 59.7 Å². The van der Waals surface area contributed by atoms with E-state index in [2.05, 4.69) is 26.5 Å². The number of nitrogens with two attached hydrogens (primary N) is 4. The number of aliphatic carboxylic acids is 2. The molecule has 0 spiro atoms. The zero-order valence-corrected chi connectivity index (χ0v) is 39.3. The number of carboxylic acids is 2. The van der Waals surface area contributed by atoms with Crippen molar-refractivity contribution in [1.82, 2.24) is 14.7 Å². The first-order valence-corrected chi connectivity index (χ1v) is 23.3. The molecule has 3 saturated heterocycles. The first-order valence-electron chi connectivity index (χ1n) is 18.4. The van der Waals surface area contributed by atoms with Crippen LogP contribution in [0.15, 0.2) is 12.3 Å². The number of amides is 3. The molecule has 0 bridgehead atoms. The number of rotatable bonds is 8. The van der Waals surface area contributed by atoms with E-state index >= 15 is 0 Å². The van der Waals surface area contributed by atoms with Crippen molar-refractivity contribution < 1.29 is 39.1 Å². The van der Waals surface area contributed by atoms with Gasteiger partial charge in [-0.2, -0.15) is 59.7 Å². The Hall–Kier alpha value is -1.92. The third-order valence-corrected chi connectivity index (χ3v) is 13.8. The molecule has 57 heavy (non-hydrogen) atoms. The van der Waals surface area contributed by atoms with Crippen LogP contribution in [0.5, 0.6) is 0 Å². The standard InChI is InChI=1S/3C7H14N2OS.C7H15NO2S.C4H8O2S.C3H5NO2/c1-5-3-11-4-6(8)7(10)9(5)2;2*1-5-3-9(2)7(10)6(8)4-11-5;1-5(7(9)10)4-11-6(2)3-8;1-3(2-7)4(5)6;1-2-3-4(5)6/h3*5-6H,3-4,8H2,1-2H3;5-6H,3-4,8H2,1-2H3,(H,9,10);3,7H,2H2,1H3,(H,5,6);2-3H,1H3/b;;;;;3-2+. The molecule has 3 aliphatic rings. The molecule has 3 aliphatic heterocycles. The quantitative estimate of drug-likeness (QED) is 0.104. The van der Waals surface area contributed by atoms with E-state index in [9.17, 15) is 34.1 Å². The molecule has 3 amide bonds. The van der Waals surface area contributed by atoms with Gasteiger partial charge in [-0.15, -0.1) is 0 Å². The van der Waals surface area contributed by atoms with E-state index in [0.717, 1.165) is 42.3 Å². The van der Waals surface area contributed by atoms with Crippen molar-refractivity contribution in [3.63, 3.8) is 0 Å². The Labute approximate surface area is 362 Å².